The highest BCUT2D eigenvalue weighted by Gasteiger charge is 2.24. The lowest BCUT2D eigenvalue weighted by Crippen LogP contribution is -2.50. The van der Waals surface area contributed by atoms with E-state index in [0.717, 1.165) is 13.1 Å². The maximum absolute atomic E-state index is 12.1. The topological polar surface area (TPSA) is 23.6 Å². The van der Waals surface area contributed by atoms with Gasteiger partial charge < -0.3 is 4.90 Å². The van der Waals surface area contributed by atoms with Gasteiger partial charge in [0.05, 0.1) is 0 Å². The fourth-order valence-corrected chi connectivity index (χ4v) is 1.82. The minimum absolute atomic E-state index is 0.0130. The van der Waals surface area contributed by atoms with E-state index in [9.17, 15) is 9.18 Å². The molecule has 15 heavy (non-hydrogen) atoms. The first-order valence-corrected chi connectivity index (χ1v) is 5.83. The second kappa shape index (κ2) is 6.28. The van der Waals surface area contributed by atoms with Gasteiger partial charge in [-0.05, 0) is 6.42 Å². The molecule has 0 aromatic heterocycles. The fourth-order valence-electron chi connectivity index (χ4n) is 1.68. The van der Waals surface area contributed by atoms with Crippen molar-refractivity contribution in [3.63, 3.8) is 0 Å². The third-order valence-electron chi connectivity index (χ3n) is 2.71. The average molecular weight is 237 g/mol. The number of hydrogen-bond acceptors (Lipinski definition) is 2. The summed E-state index contributed by atoms with van der Waals surface area (Å²) in [6, 6.07) is 0. The predicted octanol–water partition coefficient (Wildman–Crippen LogP) is 1.12. The largest absolute Gasteiger partial charge is 0.339 e. The lowest BCUT2D eigenvalue weighted by Gasteiger charge is -2.35. The van der Waals surface area contributed by atoms with Crippen LogP contribution in [-0.2, 0) is 4.79 Å². The Morgan fingerprint density at radius 2 is 2.00 bits per heavy atom. The SMILES string of the molecule is CC[C@@H](Cl)C(=O)N1CCN(CCF)CC1. The highest BCUT2D eigenvalue weighted by atomic mass is 35.5. The van der Waals surface area contributed by atoms with Gasteiger partial charge in [0.15, 0.2) is 0 Å². The molecule has 5 heteroatoms. The lowest BCUT2D eigenvalue weighted by atomic mass is 10.2. The molecule has 1 fully saturated rings. The van der Waals surface area contributed by atoms with Gasteiger partial charge in [-0.3, -0.25) is 9.69 Å². The molecule has 88 valence electrons. The van der Waals surface area contributed by atoms with Crippen molar-refractivity contribution in [2.75, 3.05) is 39.4 Å². The van der Waals surface area contributed by atoms with Crippen molar-refractivity contribution in [3.05, 3.63) is 0 Å². The van der Waals surface area contributed by atoms with Crippen LogP contribution in [0.25, 0.3) is 0 Å². The Balaban J connectivity index is 2.33. The van der Waals surface area contributed by atoms with E-state index in [2.05, 4.69) is 0 Å². The van der Waals surface area contributed by atoms with Crippen LogP contribution in [0.3, 0.4) is 0 Å². The summed E-state index contributed by atoms with van der Waals surface area (Å²) in [4.78, 5) is 15.5. The molecular weight excluding hydrogens is 219 g/mol. The minimum Gasteiger partial charge on any atom is -0.339 e. The smallest absolute Gasteiger partial charge is 0.240 e. The molecule has 3 nitrogen and oxygen atoms in total. The molecule has 1 aliphatic heterocycles. The van der Waals surface area contributed by atoms with Crippen molar-refractivity contribution >= 4 is 17.5 Å². The fraction of sp³-hybridized carbons (Fsp3) is 0.900. The van der Waals surface area contributed by atoms with E-state index < -0.39 is 5.38 Å². The highest BCUT2D eigenvalue weighted by molar-refractivity contribution is 6.30. The van der Waals surface area contributed by atoms with Crippen LogP contribution in [0, 0.1) is 0 Å². The number of carbonyl (C=O) groups is 1. The molecule has 1 heterocycles. The molecule has 0 spiro atoms. The normalized spacial score (nSPS) is 20.3. The second-order valence-corrected chi connectivity index (χ2v) is 4.26. The molecular formula is C10H18ClFN2O. The van der Waals surface area contributed by atoms with Gasteiger partial charge in [-0.2, -0.15) is 0 Å². The highest BCUT2D eigenvalue weighted by Crippen LogP contribution is 2.09. The molecule has 0 aromatic rings. The lowest BCUT2D eigenvalue weighted by molar-refractivity contribution is -0.132. The van der Waals surface area contributed by atoms with Crippen LogP contribution in [0.15, 0.2) is 0 Å². The third kappa shape index (κ3) is 3.61. The van der Waals surface area contributed by atoms with E-state index in [4.69, 9.17) is 11.6 Å². The Labute approximate surface area is 95.2 Å². The van der Waals surface area contributed by atoms with Crippen LogP contribution < -0.4 is 0 Å². The number of alkyl halides is 2. The van der Waals surface area contributed by atoms with E-state index in [1.165, 1.54) is 0 Å². The van der Waals surface area contributed by atoms with Gasteiger partial charge in [0, 0.05) is 32.7 Å². The summed E-state index contributed by atoms with van der Waals surface area (Å²) >= 11 is 5.88. The zero-order valence-electron chi connectivity index (χ0n) is 9.09. The summed E-state index contributed by atoms with van der Waals surface area (Å²) in [6.45, 7) is 4.89. The van der Waals surface area contributed by atoms with Gasteiger partial charge in [0.2, 0.25) is 5.91 Å². The first-order valence-electron chi connectivity index (χ1n) is 5.40. The van der Waals surface area contributed by atoms with Crippen molar-refractivity contribution in [2.45, 2.75) is 18.7 Å². The first-order chi connectivity index (χ1) is 7.19. The van der Waals surface area contributed by atoms with Crippen LogP contribution >= 0.6 is 11.6 Å². The average Bonchev–Trinajstić information content (AvgIpc) is 2.28. The van der Waals surface area contributed by atoms with E-state index in [-0.39, 0.29) is 12.6 Å². The molecule has 0 saturated carbocycles. The summed E-state index contributed by atoms with van der Waals surface area (Å²) in [5.41, 5.74) is 0. The monoisotopic (exact) mass is 236 g/mol. The van der Waals surface area contributed by atoms with Gasteiger partial charge in [-0.15, -0.1) is 11.6 Å². The van der Waals surface area contributed by atoms with Crippen molar-refractivity contribution in [3.8, 4) is 0 Å². The molecule has 0 N–H and O–H groups in total. The van der Waals surface area contributed by atoms with Gasteiger partial charge in [-0.1, -0.05) is 6.92 Å². The van der Waals surface area contributed by atoms with Crippen molar-refractivity contribution in [1.82, 2.24) is 9.80 Å². The molecule has 0 unspecified atom stereocenters. The second-order valence-electron chi connectivity index (χ2n) is 3.73. The van der Waals surface area contributed by atoms with E-state index in [0.29, 0.717) is 26.1 Å². The van der Waals surface area contributed by atoms with E-state index in [1.807, 2.05) is 11.8 Å². The number of amides is 1. The number of rotatable bonds is 4. The number of carbonyl (C=O) groups excluding carboxylic acids is 1. The molecule has 1 saturated heterocycles. The zero-order valence-corrected chi connectivity index (χ0v) is 9.84. The zero-order chi connectivity index (χ0) is 11.3. The molecule has 1 aliphatic rings. The Kier molecular flexibility index (Phi) is 5.32. The minimum atomic E-state index is -0.405. The number of nitrogens with zero attached hydrogens (tertiary/aromatic N) is 2. The van der Waals surface area contributed by atoms with Crippen LogP contribution in [-0.4, -0.2) is 60.5 Å². The molecule has 0 bridgehead atoms. The van der Waals surface area contributed by atoms with Crippen LogP contribution in [0.5, 0.6) is 0 Å². The summed E-state index contributed by atoms with van der Waals surface area (Å²) in [5.74, 6) is 0.0130. The Bertz CT molecular complexity index is 208. The van der Waals surface area contributed by atoms with Gasteiger partial charge in [0.1, 0.15) is 12.1 Å². The maximum atomic E-state index is 12.1. The van der Waals surface area contributed by atoms with E-state index >= 15 is 0 Å². The van der Waals surface area contributed by atoms with Crippen LogP contribution in [0.1, 0.15) is 13.3 Å². The van der Waals surface area contributed by atoms with Crippen molar-refractivity contribution in [1.29, 1.82) is 0 Å². The van der Waals surface area contributed by atoms with Gasteiger partial charge in [0.25, 0.3) is 0 Å². The Hall–Kier alpha value is -0.350. The van der Waals surface area contributed by atoms with Gasteiger partial charge >= 0.3 is 0 Å². The molecule has 0 radical (unpaired) electrons. The Morgan fingerprint density at radius 3 is 2.47 bits per heavy atom. The van der Waals surface area contributed by atoms with E-state index in [1.54, 1.807) is 4.90 Å². The quantitative estimate of drug-likeness (QED) is 0.683. The number of piperazine rings is 1. The van der Waals surface area contributed by atoms with Crippen LogP contribution in [0.4, 0.5) is 4.39 Å². The Morgan fingerprint density at radius 1 is 1.40 bits per heavy atom. The summed E-state index contributed by atoms with van der Waals surface area (Å²) in [7, 11) is 0. The molecule has 1 atom stereocenters. The third-order valence-corrected chi connectivity index (χ3v) is 3.21. The number of halogens is 2. The predicted molar refractivity (Wildman–Crippen MR) is 58.9 cm³/mol. The van der Waals surface area contributed by atoms with Crippen molar-refractivity contribution in [2.24, 2.45) is 0 Å². The summed E-state index contributed by atoms with van der Waals surface area (Å²) in [6.07, 6.45) is 0.658. The molecule has 1 amide bonds. The van der Waals surface area contributed by atoms with Crippen molar-refractivity contribution < 1.29 is 9.18 Å². The molecule has 0 aromatic carbocycles. The summed E-state index contributed by atoms with van der Waals surface area (Å²) in [5, 5.41) is -0.405. The standard InChI is InChI=1S/C10H18ClFN2O/c1-2-9(11)10(15)14-7-5-13(4-3-12)6-8-14/h9H,2-8H2,1H3/t9-/m1/s1. The maximum Gasteiger partial charge on any atom is 0.240 e. The van der Waals surface area contributed by atoms with Gasteiger partial charge in [-0.25, -0.2) is 4.39 Å². The van der Waals surface area contributed by atoms with Crippen LogP contribution in [0.2, 0.25) is 0 Å². The number of hydrogen-bond donors (Lipinski definition) is 0. The molecule has 0 aliphatic carbocycles. The summed E-state index contributed by atoms with van der Waals surface area (Å²) < 4.78 is 12.1. The molecule has 1 rings (SSSR count). The first kappa shape index (κ1) is 12.7.